The lowest BCUT2D eigenvalue weighted by molar-refractivity contribution is -0.136. The lowest BCUT2D eigenvalue weighted by Gasteiger charge is -2.36. The highest BCUT2D eigenvalue weighted by Gasteiger charge is 2.55. The average Bonchev–Trinajstić information content (AvgIpc) is 2.89. The number of carbonyl (C=O) groups is 4. The standard InChI is InChI=1S/C20H26N4O4/c1-13-8-6-7-11-20(13)18(27)24(19(28)22-20)12-16(25)21-15-10-5-4-9-14(15)17(26)23(2)3/h4-5,9-10,13H,6-8,11-12H2,1-3H3,(H,21,25)(H,22,28). The molecule has 8 heteroatoms. The van der Waals surface area contributed by atoms with Crippen molar-refractivity contribution in [3.05, 3.63) is 29.8 Å². The first-order valence-corrected chi connectivity index (χ1v) is 9.51. The molecule has 0 bridgehead atoms. The number of imide groups is 1. The molecule has 1 saturated carbocycles. The van der Waals surface area contributed by atoms with Gasteiger partial charge in [-0.15, -0.1) is 0 Å². The molecule has 150 valence electrons. The second-order valence-corrected chi connectivity index (χ2v) is 7.73. The Morgan fingerprint density at radius 1 is 1.25 bits per heavy atom. The molecule has 1 heterocycles. The van der Waals surface area contributed by atoms with Crippen molar-refractivity contribution in [3.8, 4) is 0 Å². The molecule has 5 amide bonds. The number of urea groups is 1. The third-order valence-electron chi connectivity index (χ3n) is 5.64. The Kier molecular flexibility index (Phi) is 5.40. The number of hydrogen-bond donors (Lipinski definition) is 2. The summed E-state index contributed by atoms with van der Waals surface area (Å²) >= 11 is 0. The summed E-state index contributed by atoms with van der Waals surface area (Å²) in [6.07, 6.45) is 3.36. The molecule has 1 saturated heterocycles. The highest BCUT2D eigenvalue weighted by atomic mass is 16.2. The molecule has 28 heavy (non-hydrogen) atoms. The van der Waals surface area contributed by atoms with E-state index in [9.17, 15) is 19.2 Å². The average molecular weight is 386 g/mol. The van der Waals surface area contributed by atoms with Crippen LogP contribution < -0.4 is 10.6 Å². The van der Waals surface area contributed by atoms with Gasteiger partial charge in [0.1, 0.15) is 12.1 Å². The summed E-state index contributed by atoms with van der Waals surface area (Å²) in [5.74, 6) is -1.08. The van der Waals surface area contributed by atoms with Gasteiger partial charge in [0.25, 0.3) is 11.8 Å². The quantitative estimate of drug-likeness (QED) is 0.771. The minimum atomic E-state index is -0.894. The van der Waals surface area contributed by atoms with Crippen LogP contribution in [0.3, 0.4) is 0 Å². The van der Waals surface area contributed by atoms with Crippen LogP contribution in [0, 0.1) is 5.92 Å². The third kappa shape index (κ3) is 3.46. The van der Waals surface area contributed by atoms with Gasteiger partial charge in [-0.2, -0.15) is 0 Å². The molecule has 2 atom stereocenters. The summed E-state index contributed by atoms with van der Waals surface area (Å²) in [5, 5.41) is 5.49. The van der Waals surface area contributed by atoms with Gasteiger partial charge in [0, 0.05) is 14.1 Å². The molecule has 1 aliphatic heterocycles. The Hall–Kier alpha value is -2.90. The second kappa shape index (κ2) is 7.61. The van der Waals surface area contributed by atoms with Crippen LogP contribution >= 0.6 is 0 Å². The van der Waals surface area contributed by atoms with Crippen molar-refractivity contribution in [2.45, 2.75) is 38.1 Å². The van der Waals surface area contributed by atoms with Crippen LogP contribution in [0.2, 0.25) is 0 Å². The van der Waals surface area contributed by atoms with Crippen LogP contribution in [0.5, 0.6) is 0 Å². The number of para-hydroxylation sites is 1. The van der Waals surface area contributed by atoms with Crippen molar-refractivity contribution in [1.82, 2.24) is 15.1 Å². The lowest BCUT2D eigenvalue weighted by atomic mass is 9.73. The summed E-state index contributed by atoms with van der Waals surface area (Å²) in [4.78, 5) is 52.6. The second-order valence-electron chi connectivity index (χ2n) is 7.73. The fourth-order valence-electron chi connectivity index (χ4n) is 3.99. The van der Waals surface area contributed by atoms with Crippen molar-refractivity contribution < 1.29 is 19.2 Å². The van der Waals surface area contributed by atoms with Crippen LogP contribution in [0.15, 0.2) is 24.3 Å². The van der Waals surface area contributed by atoms with E-state index in [4.69, 9.17) is 0 Å². The first kappa shape index (κ1) is 19.9. The van der Waals surface area contributed by atoms with E-state index >= 15 is 0 Å². The molecule has 0 aromatic heterocycles. The van der Waals surface area contributed by atoms with Crippen LogP contribution in [0.1, 0.15) is 43.0 Å². The minimum Gasteiger partial charge on any atom is -0.345 e. The molecule has 1 aromatic rings. The van der Waals surface area contributed by atoms with Crippen molar-refractivity contribution in [3.63, 3.8) is 0 Å². The number of nitrogens with zero attached hydrogens (tertiary/aromatic N) is 2. The Morgan fingerprint density at radius 2 is 1.96 bits per heavy atom. The molecule has 0 radical (unpaired) electrons. The smallest absolute Gasteiger partial charge is 0.325 e. The molecule has 1 spiro atoms. The normalized spacial score (nSPS) is 24.2. The minimum absolute atomic E-state index is 0.0317. The predicted octanol–water partition coefficient (Wildman–Crippen LogP) is 1.83. The predicted molar refractivity (Wildman–Crippen MR) is 104 cm³/mol. The lowest BCUT2D eigenvalue weighted by Crippen LogP contribution is -2.54. The summed E-state index contributed by atoms with van der Waals surface area (Å²) in [7, 11) is 3.25. The first-order valence-electron chi connectivity index (χ1n) is 9.51. The van der Waals surface area contributed by atoms with Gasteiger partial charge in [-0.3, -0.25) is 19.3 Å². The van der Waals surface area contributed by atoms with Gasteiger partial charge in [-0.05, 0) is 30.9 Å². The summed E-state index contributed by atoms with van der Waals surface area (Å²) in [6.45, 7) is 1.58. The highest BCUT2D eigenvalue weighted by molar-refractivity contribution is 6.11. The van der Waals surface area contributed by atoms with Crippen LogP contribution in [-0.4, -0.2) is 59.7 Å². The summed E-state index contributed by atoms with van der Waals surface area (Å²) in [6, 6.07) is 6.11. The third-order valence-corrected chi connectivity index (χ3v) is 5.64. The summed E-state index contributed by atoms with van der Waals surface area (Å²) < 4.78 is 0. The highest BCUT2D eigenvalue weighted by Crippen LogP contribution is 2.38. The van der Waals surface area contributed by atoms with Crippen LogP contribution in [0.4, 0.5) is 10.5 Å². The SMILES string of the molecule is CC1CCCCC12NC(=O)N(CC(=O)Nc1ccccc1C(=O)N(C)C)C2=O. The number of benzene rings is 1. The van der Waals surface area contributed by atoms with E-state index in [1.54, 1.807) is 38.4 Å². The maximum Gasteiger partial charge on any atom is 0.325 e. The van der Waals surface area contributed by atoms with E-state index < -0.39 is 17.5 Å². The van der Waals surface area contributed by atoms with Gasteiger partial charge in [-0.25, -0.2) is 4.79 Å². The fraction of sp³-hybridized carbons (Fsp3) is 0.500. The van der Waals surface area contributed by atoms with Crippen molar-refractivity contribution in [1.29, 1.82) is 0 Å². The van der Waals surface area contributed by atoms with E-state index in [0.717, 1.165) is 24.2 Å². The number of hydrogen-bond acceptors (Lipinski definition) is 4. The zero-order valence-corrected chi connectivity index (χ0v) is 16.4. The molecule has 1 aromatic carbocycles. The fourth-order valence-corrected chi connectivity index (χ4v) is 3.99. The molecule has 2 unspecified atom stereocenters. The van der Waals surface area contributed by atoms with Gasteiger partial charge in [0.05, 0.1) is 11.3 Å². The van der Waals surface area contributed by atoms with Gasteiger partial charge >= 0.3 is 6.03 Å². The Balaban J connectivity index is 1.73. The van der Waals surface area contributed by atoms with Gasteiger partial charge in [0.2, 0.25) is 5.91 Å². The molecular weight excluding hydrogens is 360 g/mol. The van der Waals surface area contributed by atoms with Crippen molar-refractivity contribution in [2.24, 2.45) is 5.92 Å². The number of anilines is 1. The van der Waals surface area contributed by atoms with E-state index in [2.05, 4.69) is 10.6 Å². The summed E-state index contributed by atoms with van der Waals surface area (Å²) in [5.41, 5.74) is -0.205. The van der Waals surface area contributed by atoms with E-state index in [-0.39, 0.29) is 24.3 Å². The maximum atomic E-state index is 13.0. The Morgan fingerprint density at radius 3 is 2.64 bits per heavy atom. The molecule has 8 nitrogen and oxygen atoms in total. The molecule has 2 aliphatic rings. The van der Waals surface area contributed by atoms with Gasteiger partial charge in [0.15, 0.2) is 0 Å². The maximum absolute atomic E-state index is 13.0. The van der Waals surface area contributed by atoms with Gasteiger partial charge < -0.3 is 15.5 Å². The molecular formula is C20H26N4O4. The molecule has 2 fully saturated rings. The van der Waals surface area contributed by atoms with Crippen molar-refractivity contribution >= 4 is 29.4 Å². The van der Waals surface area contributed by atoms with Crippen LogP contribution in [-0.2, 0) is 9.59 Å². The Labute approximate surface area is 164 Å². The zero-order valence-electron chi connectivity index (χ0n) is 16.4. The largest absolute Gasteiger partial charge is 0.345 e. The van der Waals surface area contributed by atoms with E-state index in [1.807, 2.05) is 6.92 Å². The van der Waals surface area contributed by atoms with Crippen LogP contribution in [0.25, 0.3) is 0 Å². The first-order chi connectivity index (χ1) is 13.3. The van der Waals surface area contributed by atoms with E-state index in [1.165, 1.54) is 4.90 Å². The van der Waals surface area contributed by atoms with E-state index in [0.29, 0.717) is 17.7 Å². The number of rotatable bonds is 4. The topological polar surface area (TPSA) is 98.8 Å². The molecule has 2 N–H and O–H groups in total. The zero-order chi connectivity index (χ0) is 20.5. The number of amides is 5. The monoisotopic (exact) mass is 386 g/mol. The molecule has 1 aliphatic carbocycles. The van der Waals surface area contributed by atoms with Gasteiger partial charge in [-0.1, -0.05) is 31.9 Å². The molecule has 3 rings (SSSR count). The number of nitrogens with one attached hydrogen (secondary N) is 2. The van der Waals surface area contributed by atoms with Crippen molar-refractivity contribution in [2.75, 3.05) is 26.0 Å². The Bertz CT molecular complexity index is 822. The number of carbonyl (C=O) groups excluding carboxylic acids is 4.